The van der Waals surface area contributed by atoms with Crippen molar-refractivity contribution in [3.8, 4) is 5.88 Å². The zero-order valence-electron chi connectivity index (χ0n) is 11.3. The van der Waals surface area contributed by atoms with E-state index in [2.05, 4.69) is 4.98 Å². The van der Waals surface area contributed by atoms with E-state index in [1.54, 1.807) is 33.2 Å². The van der Waals surface area contributed by atoms with E-state index >= 15 is 0 Å². The lowest BCUT2D eigenvalue weighted by Crippen LogP contribution is -2.49. The normalized spacial score (nSPS) is 11.6. The van der Waals surface area contributed by atoms with Crippen molar-refractivity contribution < 1.29 is 14.6 Å². The maximum absolute atomic E-state index is 11.2. The Morgan fingerprint density at radius 1 is 1.50 bits per heavy atom. The van der Waals surface area contributed by atoms with Gasteiger partial charge in [0, 0.05) is 18.8 Å². The molecule has 0 aliphatic rings. The highest BCUT2D eigenvalue weighted by Crippen LogP contribution is 2.18. The van der Waals surface area contributed by atoms with Crippen LogP contribution >= 0.6 is 0 Å². The summed E-state index contributed by atoms with van der Waals surface area (Å²) >= 11 is 0. The Labute approximate surface area is 107 Å². The van der Waals surface area contributed by atoms with Crippen molar-refractivity contribution >= 4 is 5.97 Å². The molecule has 0 aromatic carbocycles. The minimum Gasteiger partial charge on any atom is -0.481 e. The average molecular weight is 252 g/mol. The van der Waals surface area contributed by atoms with Gasteiger partial charge in [0.25, 0.3) is 0 Å². The van der Waals surface area contributed by atoms with E-state index in [0.29, 0.717) is 19.0 Å². The molecule has 0 aliphatic carbocycles. The first kappa shape index (κ1) is 14.4. The Hall–Kier alpha value is -1.62. The number of carboxylic acids is 1. The second-order valence-electron chi connectivity index (χ2n) is 4.59. The first-order valence-corrected chi connectivity index (χ1v) is 5.89. The summed E-state index contributed by atoms with van der Waals surface area (Å²) in [4.78, 5) is 17.2. The number of carboxylic acid groups (broad SMARTS) is 1. The molecule has 0 unspecified atom stereocenters. The van der Waals surface area contributed by atoms with Crippen LogP contribution in [0, 0.1) is 0 Å². The molecular weight excluding hydrogens is 232 g/mol. The summed E-state index contributed by atoms with van der Waals surface area (Å²) < 4.78 is 4.99. The first-order chi connectivity index (χ1) is 8.41. The summed E-state index contributed by atoms with van der Waals surface area (Å²) in [5, 5.41) is 9.23. The lowest BCUT2D eigenvalue weighted by Gasteiger charge is -2.34. The van der Waals surface area contributed by atoms with Gasteiger partial charge in [-0.25, -0.2) is 4.98 Å². The summed E-state index contributed by atoms with van der Waals surface area (Å²) in [7, 11) is 1.56. The van der Waals surface area contributed by atoms with Crippen LogP contribution in [-0.4, -0.2) is 40.2 Å². The molecule has 1 N–H and O–H groups in total. The monoisotopic (exact) mass is 252 g/mol. The van der Waals surface area contributed by atoms with Crippen molar-refractivity contribution in [1.29, 1.82) is 0 Å². The number of likely N-dealkylation sites (N-methyl/N-ethyl adjacent to an activating group) is 1. The molecule has 0 bridgehead atoms. The molecule has 100 valence electrons. The molecule has 18 heavy (non-hydrogen) atoms. The second-order valence-corrected chi connectivity index (χ2v) is 4.59. The fourth-order valence-corrected chi connectivity index (χ4v) is 1.69. The number of ether oxygens (including phenoxy) is 1. The largest absolute Gasteiger partial charge is 0.481 e. The third kappa shape index (κ3) is 3.20. The third-order valence-corrected chi connectivity index (χ3v) is 3.08. The van der Waals surface area contributed by atoms with Crippen LogP contribution in [0.4, 0.5) is 0 Å². The number of aliphatic carboxylic acids is 1. The van der Waals surface area contributed by atoms with E-state index in [0.717, 1.165) is 5.56 Å². The highest BCUT2D eigenvalue weighted by atomic mass is 16.5. The molecule has 0 spiro atoms. The van der Waals surface area contributed by atoms with E-state index < -0.39 is 11.5 Å². The van der Waals surface area contributed by atoms with Crippen LogP contribution in [0.25, 0.3) is 0 Å². The molecule has 5 heteroatoms. The quantitative estimate of drug-likeness (QED) is 0.836. The Bertz CT molecular complexity index is 401. The molecule has 1 aromatic rings. The Balaban J connectivity index is 2.82. The van der Waals surface area contributed by atoms with E-state index in [9.17, 15) is 9.90 Å². The maximum Gasteiger partial charge on any atom is 0.323 e. The number of hydrogen-bond acceptors (Lipinski definition) is 4. The fourth-order valence-electron chi connectivity index (χ4n) is 1.69. The average Bonchev–Trinajstić information content (AvgIpc) is 2.36. The highest BCUT2D eigenvalue weighted by Gasteiger charge is 2.33. The fraction of sp³-hybridized carbons (Fsp3) is 0.538. The predicted octanol–water partition coefficient (Wildman–Crippen LogP) is 1.78. The zero-order valence-corrected chi connectivity index (χ0v) is 11.3. The molecule has 5 nitrogen and oxygen atoms in total. The molecule has 0 atom stereocenters. The maximum atomic E-state index is 11.2. The lowest BCUT2D eigenvalue weighted by atomic mass is 10.0. The molecule has 0 radical (unpaired) electrons. The summed E-state index contributed by atoms with van der Waals surface area (Å²) in [6, 6.07) is 3.67. The lowest BCUT2D eigenvalue weighted by molar-refractivity contribution is -0.149. The van der Waals surface area contributed by atoms with Gasteiger partial charge < -0.3 is 9.84 Å². The van der Waals surface area contributed by atoms with E-state index in [1.807, 2.05) is 17.9 Å². The van der Waals surface area contributed by atoms with Crippen LogP contribution < -0.4 is 4.74 Å². The number of methoxy groups -OCH3 is 1. The van der Waals surface area contributed by atoms with Gasteiger partial charge in [0.1, 0.15) is 5.54 Å². The van der Waals surface area contributed by atoms with Crippen molar-refractivity contribution in [3.05, 3.63) is 23.9 Å². The molecule has 0 amide bonds. The standard InChI is InChI=1S/C13H20N2O3/c1-5-15(13(2,3)12(16)17)9-10-6-7-11(18-4)14-8-10/h6-8H,5,9H2,1-4H3,(H,16,17). The topological polar surface area (TPSA) is 62.7 Å². The number of rotatable bonds is 6. The van der Waals surface area contributed by atoms with E-state index in [1.165, 1.54) is 0 Å². The van der Waals surface area contributed by atoms with Gasteiger partial charge in [-0.3, -0.25) is 9.69 Å². The van der Waals surface area contributed by atoms with Crippen molar-refractivity contribution in [2.24, 2.45) is 0 Å². The smallest absolute Gasteiger partial charge is 0.323 e. The van der Waals surface area contributed by atoms with Gasteiger partial charge in [0.15, 0.2) is 0 Å². The Morgan fingerprint density at radius 3 is 2.56 bits per heavy atom. The molecule has 0 aliphatic heterocycles. The number of pyridine rings is 1. The number of aromatic nitrogens is 1. The van der Waals surface area contributed by atoms with Crippen molar-refractivity contribution in [3.63, 3.8) is 0 Å². The molecule has 1 aromatic heterocycles. The summed E-state index contributed by atoms with van der Waals surface area (Å²) in [6.07, 6.45) is 1.71. The van der Waals surface area contributed by atoms with Gasteiger partial charge in [-0.2, -0.15) is 0 Å². The highest BCUT2D eigenvalue weighted by molar-refractivity contribution is 5.77. The Morgan fingerprint density at radius 2 is 2.17 bits per heavy atom. The minimum absolute atomic E-state index is 0.548. The molecule has 0 saturated carbocycles. The van der Waals surface area contributed by atoms with E-state index in [4.69, 9.17) is 4.74 Å². The number of hydrogen-bond donors (Lipinski definition) is 1. The van der Waals surface area contributed by atoms with Gasteiger partial charge in [-0.15, -0.1) is 0 Å². The van der Waals surface area contributed by atoms with Crippen molar-refractivity contribution in [1.82, 2.24) is 9.88 Å². The van der Waals surface area contributed by atoms with Gasteiger partial charge in [-0.1, -0.05) is 13.0 Å². The number of nitrogens with zero attached hydrogens (tertiary/aromatic N) is 2. The van der Waals surface area contributed by atoms with Gasteiger partial charge in [0.2, 0.25) is 5.88 Å². The first-order valence-electron chi connectivity index (χ1n) is 5.89. The van der Waals surface area contributed by atoms with Crippen LogP contribution in [0.2, 0.25) is 0 Å². The van der Waals surface area contributed by atoms with Crippen LogP contribution in [0.3, 0.4) is 0 Å². The minimum atomic E-state index is -0.894. The second kappa shape index (κ2) is 5.82. The van der Waals surface area contributed by atoms with Crippen LogP contribution in [0.1, 0.15) is 26.3 Å². The van der Waals surface area contributed by atoms with Crippen LogP contribution in [0.5, 0.6) is 5.88 Å². The third-order valence-electron chi connectivity index (χ3n) is 3.08. The molecular formula is C13H20N2O3. The summed E-state index contributed by atoms with van der Waals surface area (Å²) in [5.41, 5.74) is 0.0706. The SMILES string of the molecule is CCN(Cc1ccc(OC)nc1)C(C)(C)C(=O)O. The Kier molecular flexibility index (Phi) is 4.67. The molecule has 0 saturated heterocycles. The van der Waals surface area contributed by atoms with Gasteiger partial charge >= 0.3 is 5.97 Å². The summed E-state index contributed by atoms with van der Waals surface area (Å²) in [5.74, 6) is -0.273. The number of carbonyl (C=O) groups is 1. The van der Waals surface area contributed by atoms with Crippen molar-refractivity contribution in [2.45, 2.75) is 32.9 Å². The predicted molar refractivity (Wildman–Crippen MR) is 68.6 cm³/mol. The van der Waals surface area contributed by atoms with Gasteiger partial charge in [0.05, 0.1) is 7.11 Å². The van der Waals surface area contributed by atoms with Crippen molar-refractivity contribution in [2.75, 3.05) is 13.7 Å². The van der Waals surface area contributed by atoms with Gasteiger partial charge in [-0.05, 0) is 26.0 Å². The molecule has 1 rings (SSSR count). The molecule has 1 heterocycles. The van der Waals surface area contributed by atoms with Crippen LogP contribution in [-0.2, 0) is 11.3 Å². The van der Waals surface area contributed by atoms with Crippen LogP contribution in [0.15, 0.2) is 18.3 Å². The van der Waals surface area contributed by atoms with E-state index in [-0.39, 0.29) is 0 Å². The summed E-state index contributed by atoms with van der Waals surface area (Å²) in [6.45, 7) is 6.56. The molecule has 0 fully saturated rings. The zero-order chi connectivity index (χ0) is 13.8.